The molecule has 2 atom stereocenters. The van der Waals surface area contributed by atoms with Crippen LogP contribution in [0.3, 0.4) is 0 Å². The van der Waals surface area contributed by atoms with Gasteiger partial charge in [-0.05, 0) is 44.9 Å². The van der Waals surface area contributed by atoms with Crippen LogP contribution in [0.2, 0.25) is 0 Å². The van der Waals surface area contributed by atoms with Crippen LogP contribution in [0.4, 0.5) is 0 Å². The zero-order chi connectivity index (χ0) is 41.1. The highest BCUT2D eigenvalue weighted by Gasteiger charge is 2.24. The fourth-order valence-electron chi connectivity index (χ4n) is 7.42. The quantitative estimate of drug-likeness (QED) is 0.0323. The van der Waals surface area contributed by atoms with E-state index in [1.165, 1.54) is 192 Å². The van der Waals surface area contributed by atoms with Gasteiger partial charge >= 0.3 is 0 Å². The van der Waals surface area contributed by atoms with E-state index in [1.807, 2.05) is 6.08 Å². The van der Waals surface area contributed by atoms with Crippen LogP contribution in [0, 0.1) is 0 Å². The van der Waals surface area contributed by atoms with Gasteiger partial charge in [-0.25, -0.2) is 0 Å². The summed E-state index contributed by atoms with van der Waals surface area (Å²) in [6.07, 6.45) is 57.2. The molecule has 7 heteroatoms. The number of rotatable bonds is 44. The number of hydrogen-bond acceptors (Lipinski definition) is 4. The largest absolute Gasteiger partial charge is 0.387 e. The van der Waals surface area contributed by atoms with Crippen molar-refractivity contribution in [3.05, 3.63) is 36.5 Å². The molecule has 0 aliphatic heterocycles. The van der Waals surface area contributed by atoms with Gasteiger partial charge in [-0.15, -0.1) is 0 Å². The molecule has 0 saturated heterocycles. The number of amides is 1. The molecule has 0 saturated carbocycles. The van der Waals surface area contributed by atoms with Crippen molar-refractivity contribution in [1.29, 1.82) is 0 Å². The maximum atomic E-state index is 12.6. The Balaban J connectivity index is 3.86. The molecule has 1 amide bonds. The van der Waals surface area contributed by atoms with Crippen LogP contribution in [0.5, 0.6) is 0 Å². The lowest BCUT2D eigenvalue weighted by Crippen LogP contribution is -2.46. The third kappa shape index (κ3) is 43.7. The number of aliphatic hydroxyl groups is 1. The van der Waals surface area contributed by atoms with Gasteiger partial charge in [0.25, 0.3) is 10.1 Å². The summed E-state index contributed by atoms with van der Waals surface area (Å²) in [6, 6.07) is -1.08. The summed E-state index contributed by atoms with van der Waals surface area (Å²) >= 11 is 0. The van der Waals surface area contributed by atoms with Crippen LogP contribution in [0.25, 0.3) is 0 Å². The van der Waals surface area contributed by atoms with Gasteiger partial charge in [0.05, 0.1) is 17.9 Å². The van der Waals surface area contributed by atoms with E-state index in [1.54, 1.807) is 0 Å². The molecule has 2 unspecified atom stereocenters. The van der Waals surface area contributed by atoms with Crippen molar-refractivity contribution in [2.45, 2.75) is 264 Å². The lowest BCUT2D eigenvalue weighted by Gasteiger charge is -2.21. The maximum Gasteiger partial charge on any atom is 0.267 e. The molecule has 0 aromatic heterocycles. The van der Waals surface area contributed by atoms with Gasteiger partial charge in [-0.2, -0.15) is 8.42 Å². The molecule has 0 fully saturated rings. The van der Waals surface area contributed by atoms with Crippen molar-refractivity contribution >= 4 is 16.0 Å². The number of hydrogen-bond donors (Lipinski definition) is 3. The van der Waals surface area contributed by atoms with Crippen molar-refractivity contribution in [2.75, 3.05) is 5.75 Å². The highest BCUT2D eigenvalue weighted by atomic mass is 32.2. The normalized spacial score (nSPS) is 13.4. The topological polar surface area (TPSA) is 104 Å². The molecule has 0 aromatic rings. The van der Waals surface area contributed by atoms with Gasteiger partial charge in [-0.3, -0.25) is 9.35 Å². The monoisotopic (exact) mass is 808 g/mol. The standard InChI is InChI=1S/C49H93NO5S/c1-3-5-7-9-11-13-15-17-19-21-23-24-25-27-29-31-33-35-37-39-41-43-45-49(52)50-47(46-56(53,54)55)48(51)44-42-40-38-36-34-32-30-28-26-22-20-18-16-14-12-10-8-6-4-2/h26,28,34,36,42,44,47-48,51H,3-25,27,29-33,35,37-41,43,45-46H2,1-2H3,(H,50,52)(H,53,54,55)/b28-26+,36-34+,44-42+. The van der Waals surface area contributed by atoms with Crippen LogP contribution in [0.15, 0.2) is 36.5 Å². The second-order valence-corrected chi connectivity index (χ2v) is 18.2. The van der Waals surface area contributed by atoms with E-state index in [9.17, 15) is 22.9 Å². The van der Waals surface area contributed by atoms with Gasteiger partial charge in [0.15, 0.2) is 0 Å². The molecule has 3 N–H and O–H groups in total. The number of aliphatic hydroxyl groups excluding tert-OH is 1. The zero-order valence-electron chi connectivity index (χ0n) is 37.0. The minimum atomic E-state index is -4.36. The number of unbranched alkanes of at least 4 members (excludes halogenated alkanes) is 32. The van der Waals surface area contributed by atoms with Crippen LogP contribution in [-0.4, -0.2) is 41.9 Å². The maximum absolute atomic E-state index is 12.6. The summed E-state index contributed by atoms with van der Waals surface area (Å²) in [4.78, 5) is 12.6. The van der Waals surface area contributed by atoms with E-state index < -0.39 is 28.0 Å². The lowest BCUT2D eigenvalue weighted by atomic mass is 10.0. The highest BCUT2D eigenvalue weighted by Crippen LogP contribution is 2.16. The number of allylic oxidation sites excluding steroid dienone is 5. The lowest BCUT2D eigenvalue weighted by molar-refractivity contribution is -0.122. The summed E-state index contributed by atoms with van der Waals surface area (Å²) in [6.45, 7) is 4.55. The Morgan fingerprint density at radius 1 is 0.464 bits per heavy atom. The summed E-state index contributed by atoms with van der Waals surface area (Å²) < 4.78 is 32.6. The average molecular weight is 808 g/mol. The molecule has 0 spiro atoms. The van der Waals surface area contributed by atoms with E-state index in [0.29, 0.717) is 6.42 Å². The van der Waals surface area contributed by atoms with E-state index in [4.69, 9.17) is 0 Å². The molecule has 0 rings (SSSR count). The Morgan fingerprint density at radius 2 is 0.768 bits per heavy atom. The average Bonchev–Trinajstić information content (AvgIpc) is 3.16. The first kappa shape index (κ1) is 54.6. The van der Waals surface area contributed by atoms with Gasteiger partial charge < -0.3 is 10.4 Å². The third-order valence-corrected chi connectivity index (χ3v) is 11.8. The first-order valence-electron chi connectivity index (χ1n) is 24.2. The summed E-state index contributed by atoms with van der Waals surface area (Å²) in [7, 11) is -4.36. The number of carbonyl (C=O) groups is 1. The summed E-state index contributed by atoms with van der Waals surface area (Å²) in [5.41, 5.74) is 0. The van der Waals surface area contributed by atoms with Crippen molar-refractivity contribution in [1.82, 2.24) is 5.32 Å². The Hall–Kier alpha value is -1.44. The van der Waals surface area contributed by atoms with Crippen molar-refractivity contribution < 1.29 is 22.9 Å². The Morgan fingerprint density at radius 3 is 1.12 bits per heavy atom. The molecule has 0 aliphatic carbocycles. The predicted octanol–water partition coefficient (Wildman–Crippen LogP) is 14.9. The van der Waals surface area contributed by atoms with Gasteiger partial charge in [0.2, 0.25) is 5.91 Å². The molecule has 0 heterocycles. The number of carbonyl (C=O) groups excluding carboxylic acids is 1. The molecule has 0 radical (unpaired) electrons. The minimum absolute atomic E-state index is 0.288. The predicted molar refractivity (Wildman–Crippen MR) is 244 cm³/mol. The third-order valence-electron chi connectivity index (χ3n) is 11.0. The molecule has 0 aromatic carbocycles. The molecule has 56 heavy (non-hydrogen) atoms. The van der Waals surface area contributed by atoms with Crippen molar-refractivity contribution in [3.8, 4) is 0 Å². The molecule has 0 aliphatic rings. The first-order chi connectivity index (χ1) is 27.3. The molecular formula is C49H93NO5S. The minimum Gasteiger partial charge on any atom is -0.387 e. The van der Waals surface area contributed by atoms with Crippen LogP contribution in [0.1, 0.15) is 251 Å². The molecule has 0 bridgehead atoms. The second-order valence-electron chi connectivity index (χ2n) is 16.7. The van der Waals surface area contributed by atoms with Crippen molar-refractivity contribution in [2.24, 2.45) is 0 Å². The Kier molecular flexibility index (Phi) is 42.0. The van der Waals surface area contributed by atoms with Gasteiger partial charge in [-0.1, -0.05) is 237 Å². The molecular weight excluding hydrogens is 715 g/mol. The Bertz CT molecular complexity index is 1020. The van der Waals surface area contributed by atoms with E-state index in [2.05, 4.69) is 43.5 Å². The first-order valence-corrected chi connectivity index (χ1v) is 25.8. The fraction of sp³-hybridized carbons (Fsp3) is 0.857. The van der Waals surface area contributed by atoms with E-state index in [0.717, 1.165) is 38.5 Å². The molecule has 6 nitrogen and oxygen atoms in total. The SMILES string of the molecule is CCCCCCCCCCC/C=C/CC/C=C/CC/C=C/C(O)C(CS(=O)(=O)O)NC(=O)CCCCCCCCCCCCCCCCCCCCCCCC. The van der Waals surface area contributed by atoms with Crippen LogP contribution < -0.4 is 5.32 Å². The van der Waals surface area contributed by atoms with Gasteiger partial charge in [0, 0.05) is 6.42 Å². The highest BCUT2D eigenvalue weighted by molar-refractivity contribution is 7.85. The molecule has 330 valence electrons. The second kappa shape index (κ2) is 43.1. The zero-order valence-corrected chi connectivity index (χ0v) is 37.8. The van der Waals surface area contributed by atoms with Gasteiger partial charge in [0.1, 0.15) is 0 Å². The van der Waals surface area contributed by atoms with E-state index in [-0.39, 0.29) is 12.3 Å². The van der Waals surface area contributed by atoms with Crippen LogP contribution in [-0.2, 0) is 14.9 Å². The number of nitrogens with one attached hydrogen (secondary N) is 1. The summed E-state index contributed by atoms with van der Waals surface area (Å²) in [5, 5.41) is 13.3. The van der Waals surface area contributed by atoms with Crippen molar-refractivity contribution in [3.63, 3.8) is 0 Å². The van der Waals surface area contributed by atoms with E-state index >= 15 is 0 Å². The Labute approximate surface area is 348 Å². The van der Waals surface area contributed by atoms with Crippen LogP contribution >= 0.6 is 0 Å². The summed E-state index contributed by atoms with van der Waals surface area (Å²) in [5.74, 6) is -1.000. The fourth-order valence-corrected chi connectivity index (χ4v) is 8.16. The smallest absolute Gasteiger partial charge is 0.267 e.